The van der Waals surface area contributed by atoms with Gasteiger partial charge < -0.3 is 10.6 Å². The van der Waals surface area contributed by atoms with Crippen LogP contribution in [0.3, 0.4) is 0 Å². The lowest BCUT2D eigenvalue weighted by Gasteiger charge is -2.33. The molecule has 0 unspecified atom stereocenters. The van der Waals surface area contributed by atoms with E-state index in [1.54, 1.807) is 10.6 Å². The fourth-order valence-electron chi connectivity index (χ4n) is 1.98. The minimum Gasteiger partial charge on any atom is -0.343 e. The molecule has 2 atom stereocenters. The van der Waals surface area contributed by atoms with Crippen LogP contribution in [-0.4, -0.2) is 36.3 Å². The Morgan fingerprint density at radius 3 is 1.30 bits per heavy atom. The Hall–Kier alpha value is -1.48. The zero-order chi connectivity index (χ0) is 15.6. The molecule has 0 heterocycles. The number of nitrogens with one attached hydrogen (secondary N) is 2. The summed E-state index contributed by atoms with van der Waals surface area (Å²) < 4.78 is 72.6. The minimum absolute atomic E-state index is 0.0740. The zero-order valence-electron chi connectivity index (χ0n) is 10.1. The predicted molar refractivity (Wildman–Crippen MR) is 54.4 cm³/mol. The standard InChI is InChI=1S/C10H12F6N2O2/c11-9(12,13)7(19)17-5-3-1-2-4-6(5)18-8(20)10(14,15)16/h5-6H,1-4H2,(H,17,19)(H,18,20)/t5-,6-/m1/s1. The van der Waals surface area contributed by atoms with Gasteiger partial charge in [0.15, 0.2) is 0 Å². The van der Waals surface area contributed by atoms with Gasteiger partial charge in [-0.05, 0) is 12.8 Å². The summed E-state index contributed by atoms with van der Waals surface area (Å²) in [5.41, 5.74) is 0. The molecule has 1 rings (SSSR count). The van der Waals surface area contributed by atoms with Crippen molar-refractivity contribution in [3.63, 3.8) is 0 Å². The number of carbonyl (C=O) groups excluding carboxylic acids is 2. The van der Waals surface area contributed by atoms with Crippen molar-refractivity contribution in [1.82, 2.24) is 10.6 Å². The topological polar surface area (TPSA) is 58.2 Å². The van der Waals surface area contributed by atoms with Gasteiger partial charge in [-0.15, -0.1) is 0 Å². The van der Waals surface area contributed by atoms with Crippen LogP contribution in [0.5, 0.6) is 0 Å². The van der Waals surface area contributed by atoms with E-state index < -0.39 is 36.3 Å². The number of alkyl halides is 6. The van der Waals surface area contributed by atoms with Gasteiger partial charge in [-0.2, -0.15) is 26.3 Å². The van der Waals surface area contributed by atoms with Crippen LogP contribution < -0.4 is 10.6 Å². The highest BCUT2D eigenvalue weighted by Crippen LogP contribution is 2.23. The Kier molecular flexibility index (Phi) is 4.87. The Bertz CT molecular complexity index is 343. The molecule has 20 heavy (non-hydrogen) atoms. The molecule has 0 aromatic heterocycles. The molecule has 116 valence electrons. The summed E-state index contributed by atoms with van der Waals surface area (Å²) in [5, 5.41) is 3.24. The molecule has 1 aliphatic carbocycles. The van der Waals surface area contributed by atoms with Gasteiger partial charge in [0, 0.05) is 12.1 Å². The summed E-state index contributed by atoms with van der Waals surface area (Å²) in [6, 6.07) is -2.33. The number of amides is 2. The largest absolute Gasteiger partial charge is 0.471 e. The second-order valence-electron chi connectivity index (χ2n) is 4.44. The van der Waals surface area contributed by atoms with E-state index in [4.69, 9.17) is 0 Å². The normalized spacial score (nSPS) is 24.1. The molecule has 0 aromatic rings. The second-order valence-corrected chi connectivity index (χ2v) is 4.44. The van der Waals surface area contributed by atoms with Crippen molar-refractivity contribution in [1.29, 1.82) is 0 Å². The first-order valence-corrected chi connectivity index (χ1v) is 5.77. The summed E-state index contributed by atoms with van der Waals surface area (Å²) in [6.07, 6.45) is -9.16. The third kappa shape index (κ3) is 4.57. The molecular formula is C10H12F6N2O2. The van der Waals surface area contributed by atoms with Gasteiger partial charge in [-0.1, -0.05) is 12.8 Å². The van der Waals surface area contributed by atoms with Crippen LogP contribution in [0.15, 0.2) is 0 Å². The highest BCUT2D eigenvalue weighted by molar-refractivity contribution is 5.83. The molecular weight excluding hydrogens is 294 g/mol. The fourth-order valence-corrected chi connectivity index (χ4v) is 1.98. The number of hydrogen-bond acceptors (Lipinski definition) is 2. The minimum atomic E-state index is -5.12. The maximum atomic E-state index is 12.1. The SMILES string of the molecule is O=C(N[C@@H]1CCCC[C@H]1NC(=O)C(F)(F)F)C(F)(F)F. The number of rotatable bonds is 2. The molecule has 0 bridgehead atoms. The first kappa shape index (κ1) is 16.6. The molecule has 0 saturated heterocycles. The summed E-state index contributed by atoms with van der Waals surface area (Å²) >= 11 is 0. The Morgan fingerprint density at radius 2 is 1.05 bits per heavy atom. The van der Waals surface area contributed by atoms with Gasteiger partial charge in [-0.3, -0.25) is 9.59 Å². The Balaban J connectivity index is 2.68. The van der Waals surface area contributed by atoms with Crippen LogP contribution in [0.2, 0.25) is 0 Å². The highest BCUT2D eigenvalue weighted by Gasteiger charge is 2.44. The van der Waals surface area contributed by atoms with Crippen molar-refractivity contribution in [3.05, 3.63) is 0 Å². The predicted octanol–water partition coefficient (Wildman–Crippen LogP) is 1.65. The van der Waals surface area contributed by atoms with Crippen LogP contribution >= 0.6 is 0 Å². The molecule has 10 heteroatoms. The van der Waals surface area contributed by atoms with Crippen LogP contribution in [0.25, 0.3) is 0 Å². The van der Waals surface area contributed by atoms with E-state index in [1.165, 1.54) is 0 Å². The lowest BCUT2D eigenvalue weighted by atomic mass is 9.90. The third-order valence-electron chi connectivity index (χ3n) is 2.91. The van der Waals surface area contributed by atoms with Crippen LogP contribution in [0.1, 0.15) is 25.7 Å². The molecule has 0 aromatic carbocycles. The van der Waals surface area contributed by atoms with E-state index in [9.17, 15) is 35.9 Å². The van der Waals surface area contributed by atoms with Crippen LogP contribution in [-0.2, 0) is 9.59 Å². The van der Waals surface area contributed by atoms with E-state index in [0.717, 1.165) is 0 Å². The van der Waals surface area contributed by atoms with E-state index in [1.807, 2.05) is 0 Å². The number of halogens is 6. The van der Waals surface area contributed by atoms with Crippen molar-refractivity contribution in [2.75, 3.05) is 0 Å². The molecule has 2 amide bonds. The maximum absolute atomic E-state index is 12.1. The molecule has 4 nitrogen and oxygen atoms in total. The smallest absolute Gasteiger partial charge is 0.343 e. The van der Waals surface area contributed by atoms with E-state index in [0.29, 0.717) is 12.8 Å². The van der Waals surface area contributed by atoms with Gasteiger partial charge in [-0.25, -0.2) is 0 Å². The van der Waals surface area contributed by atoms with E-state index in [2.05, 4.69) is 0 Å². The number of hydrogen-bond donors (Lipinski definition) is 2. The highest BCUT2D eigenvalue weighted by atomic mass is 19.4. The monoisotopic (exact) mass is 306 g/mol. The Labute approximate surface area is 109 Å². The van der Waals surface area contributed by atoms with Crippen molar-refractivity contribution < 1.29 is 35.9 Å². The lowest BCUT2D eigenvalue weighted by Crippen LogP contribution is -2.57. The molecule has 1 aliphatic rings. The second kappa shape index (κ2) is 5.88. The van der Waals surface area contributed by atoms with Crippen LogP contribution in [0, 0.1) is 0 Å². The summed E-state index contributed by atoms with van der Waals surface area (Å²) in [5.74, 6) is -4.45. The van der Waals surface area contributed by atoms with Gasteiger partial charge in [0.25, 0.3) is 0 Å². The van der Waals surface area contributed by atoms with Crippen molar-refractivity contribution in [2.45, 2.75) is 50.1 Å². The van der Waals surface area contributed by atoms with Gasteiger partial charge in [0.2, 0.25) is 0 Å². The van der Waals surface area contributed by atoms with Gasteiger partial charge >= 0.3 is 24.2 Å². The molecule has 0 spiro atoms. The first-order chi connectivity index (χ1) is 9.01. The van der Waals surface area contributed by atoms with Gasteiger partial charge in [0.05, 0.1) is 0 Å². The maximum Gasteiger partial charge on any atom is 0.471 e. The summed E-state index contributed by atoms with van der Waals surface area (Å²) in [6.45, 7) is 0. The lowest BCUT2D eigenvalue weighted by molar-refractivity contribution is -0.177. The molecule has 0 radical (unpaired) electrons. The summed E-state index contributed by atoms with van der Waals surface area (Å²) in [4.78, 5) is 21.6. The summed E-state index contributed by atoms with van der Waals surface area (Å²) in [7, 11) is 0. The fraction of sp³-hybridized carbons (Fsp3) is 0.800. The van der Waals surface area contributed by atoms with Gasteiger partial charge in [0.1, 0.15) is 0 Å². The van der Waals surface area contributed by atoms with Crippen LogP contribution in [0.4, 0.5) is 26.3 Å². The number of carbonyl (C=O) groups is 2. The van der Waals surface area contributed by atoms with Crippen molar-refractivity contribution >= 4 is 11.8 Å². The van der Waals surface area contributed by atoms with E-state index >= 15 is 0 Å². The Morgan fingerprint density at radius 1 is 0.750 bits per heavy atom. The quantitative estimate of drug-likeness (QED) is 0.762. The molecule has 2 N–H and O–H groups in total. The third-order valence-corrected chi connectivity index (χ3v) is 2.91. The average Bonchev–Trinajstić information content (AvgIpc) is 2.29. The molecule has 0 aliphatic heterocycles. The molecule has 1 saturated carbocycles. The zero-order valence-corrected chi connectivity index (χ0v) is 10.1. The first-order valence-electron chi connectivity index (χ1n) is 5.77. The van der Waals surface area contributed by atoms with E-state index in [-0.39, 0.29) is 12.8 Å². The average molecular weight is 306 g/mol. The molecule has 1 fully saturated rings. The van der Waals surface area contributed by atoms with Crippen molar-refractivity contribution in [2.24, 2.45) is 0 Å². The van der Waals surface area contributed by atoms with Crippen molar-refractivity contribution in [3.8, 4) is 0 Å².